The lowest BCUT2D eigenvalue weighted by atomic mass is 9.82. The molecule has 116 valence electrons. The van der Waals surface area contributed by atoms with Crippen LogP contribution in [0.25, 0.3) is 5.69 Å². The molecule has 2 aromatic rings. The highest BCUT2D eigenvalue weighted by Crippen LogP contribution is 2.30. The second-order valence-electron chi connectivity index (χ2n) is 6.52. The SMILES string of the molecule is Cc1cccc(-n2ncc(C(=O)N3CC(C)(CO)C3)c2C)c1. The Hall–Kier alpha value is -2.14. The fourth-order valence-electron chi connectivity index (χ4n) is 2.93. The van der Waals surface area contributed by atoms with Crippen LogP contribution in [0.2, 0.25) is 0 Å². The van der Waals surface area contributed by atoms with Gasteiger partial charge in [-0.2, -0.15) is 5.10 Å². The predicted molar refractivity (Wildman–Crippen MR) is 84.1 cm³/mol. The number of likely N-dealkylation sites (tertiary alicyclic amines) is 1. The van der Waals surface area contributed by atoms with Crippen molar-refractivity contribution in [2.24, 2.45) is 5.41 Å². The number of hydrogen-bond acceptors (Lipinski definition) is 3. The first-order valence-electron chi connectivity index (χ1n) is 7.45. The number of carbonyl (C=O) groups is 1. The first kappa shape index (κ1) is 14.8. The second kappa shape index (κ2) is 5.25. The molecule has 0 saturated carbocycles. The van der Waals surface area contributed by atoms with Gasteiger partial charge in [-0.1, -0.05) is 19.1 Å². The second-order valence-corrected chi connectivity index (χ2v) is 6.52. The number of aliphatic hydroxyl groups excluding tert-OH is 1. The van der Waals surface area contributed by atoms with Crippen molar-refractivity contribution in [1.82, 2.24) is 14.7 Å². The topological polar surface area (TPSA) is 58.4 Å². The first-order valence-corrected chi connectivity index (χ1v) is 7.45. The molecule has 0 atom stereocenters. The molecule has 1 aromatic heterocycles. The number of aromatic nitrogens is 2. The molecular formula is C17H21N3O2. The third-order valence-electron chi connectivity index (χ3n) is 4.30. The quantitative estimate of drug-likeness (QED) is 0.942. The minimum Gasteiger partial charge on any atom is -0.396 e. The van der Waals surface area contributed by atoms with Gasteiger partial charge in [0.2, 0.25) is 0 Å². The van der Waals surface area contributed by atoms with Crippen molar-refractivity contribution in [1.29, 1.82) is 0 Å². The molecule has 1 aliphatic rings. The Bertz CT molecular complexity index is 714. The van der Waals surface area contributed by atoms with Crippen LogP contribution in [0.15, 0.2) is 30.5 Å². The van der Waals surface area contributed by atoms with E-state index in [0.29, 0.717) is 18.7 Å². The van der Waals surface area contributed by atoms with Crippen LogP contribution < -0.4 is 0 Å². The average molecular weight is 299 g/mol. The number of hydrogen-bond donors (Lipinski definition) is 1. The van der Waals surface area contributed by atoms with Crippen LogP contribution in [0.4, 0.5) is 0 Å². The summed E-state index contributed by atoms with van der Waals surface area (Å²) in [6.45, 7) is 7.23. The third-order valence-corrected chi connectivity index (χ3v) is 4.30. The van der Waals surface area contributed by atoms with Crippen LogP contribution in [0.1, 0.15) is 28.5 Å². The Labute approximate surface area is 130 Å². The van der Waals surface area contributed by atoms with Gasteiger partial charge in [-0.15, -0.1) is 0 Å². The number of nitrogens with zero attached hydrogens (tertiary/aromatic N) is 3. The van der Waals surface area contributed by atoms with Gasteiger partial charge in [-0.25, -0.2) is 4.68 Å². The van der Waals surface area contributed by atoms with E-state index in [1.165, 1.54) is 0 Å². The number of aliphatic hydroxyl groups is 1. The molecule has 0 radical (unpaired) electrons. The lowest BCUT2D eigenvalue weighted by Crippen LogP contribution is -2.58. The van der Waals surface area contributed by atoms with Gasteiger partial charge in [0.25, 0.3) is 5.91 Å². The van der Waals surface area contributed by atoms with E-state index in [0.717, 1.165) is 16.9 Å². The Morgan fingerprint density at radius 2 is 2.09 bits per heavy atom. The summed E-state index contributed by atoms with van der Waals surface area (Å²) in [7, 11) is 0. The molecule has 5 heteroatoms. The van der Waals surface area contributed by atoms with Crippen molar-refractivity contribution < 1.29 is 9.90 Å². The molecule has 2 heterocycles. The summed E-state index contributed by atoms with van der Waals surface area (Å²) in [5, 5.41) is 13.7. The van der Waals surface area contributed by atoms with Crippen molar-refractivity contribution in [3.05, 3.63) is 47.3 Å². The monoisotopic (exact) mass is 299 g/mol. The van der Waals surface area contributed by atoms with Crippen LogP contribution in [-0.2, 0) is 0 Å². The van der Waals surface area contributed by atoms with Crippen LogP contribution >= 0.6 is 0 Å². The highest BCUT2D eigenvalue weighted by molar-refractivity contribution is 5.95. The normalized spacial score (nSPS) is 16.5. The minimum atomic E-state index is -0.157. The highest BCUT2D eigenvalue weighted by Gasteiger charge is 2.41. The molecule has 22 heavy (non-hydrogen) atoms. The van der Waals surface area contributed by atoms with Gasteiger partial charge in [-0.05, 0) is 31.5 Å². The summed E-state index contributed by atoms with van der Waals surface area (Å²) in [6.07, 6.45) is 1.63. The van der Waals surface area contributed by atoms with E-state index in [9.17, 15) is 9.90 Å². The summed E-state index contributed by atoms with van der Waals surface area (Å²) >= 11 is 0. The van der Waals surface area contributed by atoms with Crippen LogP contribution in [-0.4, -0.2) is 45.4 Å². The number of benzene rings is 1. The zero-order valence-electron chi connectivity index (χ0n) is 13.2. The maximum absolute atomic E-state index is 12.6. The number of aryl methyl sites for hydroxylation is 1. The van der Waals surface area contributed by atoms with Gasteiger partial charge in [-0.3, -0.25) is 4.79 Å². The standard InChI is InChI=1S/C17H21N3O2/c1-12-5-4-6-14(7-12)20-13(2)15(8-18-20)16(22)19-9-17(3,10-19)11-21/h4-8,21H,9-11H2,1-3H3. The van der Waals surface area contributed by atoms with E-state index in [4.69, 9.17) is 0 Å². The molecule has 1 saturated heterocycles. The Balaban J connectivity index is 1.84. The van der Waals surface area contributed by atoms with Crippen LogP contribution in [0.5, 0.6) is 0 Å². The smallest absolute Gasteiger partial charge is 0.257 e. The Kier molecular flexibility index (Phi) is 3.53. The summed E-state index contributed by atoms with van der Waals surface area (Å²) in [5.74, 6) is -0.0117. The van der Waals surface area contributed by atoms with Gasteiger partial charge in [0.05, 0.1) is 29.7 Å². The molecule has 5 nitrogen and oxygen atoms in total. The Morgan fingerprint density at radius 3 is 2.73 bits per heavy atom. The summed E-state index contributed by atoms with van der Waals surface area (Å²) in [5.41, 5.74) is 3.42. The summed E-state index contributed by atoms with van der Waals surface area (Å²) in [6, 6.07) is 8.04. The van der Waals surface area contributed by atoms with E-state index in [1.54, 1.807) is 15.8 Å². The molecule has 1 fully saturated rings. The molecule has 0 aliphatic carbocycles. The van der Waals surface area contributed by atoms with Gasteiger partial charge < -0.3 is 10.0 Å². The lowest BCUT2D eigenvalue weighted by molar-refractivity contribution is -0.0153. The molecular weight excluding hydrogens is 278 g/mol. The van der Waals surface area contributed by atoms with Gasteiger partial charge >= 0.3 is 0 Å². The van der Waals surface area contributed by atoms with Crippen molar-refractivity contribution in [3.63, 3.8) is 0 Å². The number of rotatable bonds is 3. The first-order chi connectivity index (χ1) is 10.4. The number of carbonyl (C=O) groups excluding carboxylic acids is 1. The molecule has 1 aromatic carbocycles. The molecule has 1 aliphatic heterocycles. The molecule has 3 rings (SSSR count). The maximum Gasteiger partial charge on any atom is 0.257 e. The summed E-state index contributed by atoms with van der Waals surface area (Å²) in [4.78, 5) is 14.3. The fraction of sp³-hybridized carbons (Fsp3) is 0.412. The van der Waals surface area contributed by atoms with Gasteiger partial charge in [0, 0.05) is 18.5 Å². The Morgan fingerprint density at radius 1 is 1.36 bits per heavy atom. The molecule has 1 N–H and O–H groups in total. The fourth-order valence-corrected chi connectivity index (χ4v) is 2.93. The van der Waals surface area contributed by atoms with Crippen LogP contribution in [0.3, 0.4) is 0 Å². The third kappa shape index (κ3) is 2.41. The zero-order valence-corrected chi connectivity index (χ0v) is 13.2. The summed E-state index contributed by atoms with van der Waals surface area (Å²) < 4.78 is 1.80. The zero-order chi connectivity index (χ0) is 15.9. The number of amides is 1. The molecule has 0 unspecified atom stereocenters. The average Bonchev–Trinajstić information content (AvgIpc) is 2.85. The van der Waals surface area contributed by atoms with Crippen molar-refractivity contribution in [2.75, 3.05) is 19.7 Å². The van der Waals surface area contributed by atoms with Crippen molar-refractivity contribution >= 4 is 5.91 Å². The van der Waals surface area contributed by atoms with Gasteiger partial charge in [0.1, 0.15) is 0 Å². The highest BCUT2D eigenvalue weighted by atomic mass is 16.3. The minimum absolute atomic E-state index is 0.0117. The molecule has 0 bridgehead atoms. The van der Waals surface area contributed by atoms with E-state index < -0.39 is 0 Å². The van der Waals surface area contributed by atoms with Crippen LogP contribution in [0, 0.1) is 19.3 Å². The van der Waals surface area contributed by atoms with E-state index >= 15 is 0 Å². The van der Waals surface area contributed by atoms with E-state index in [-0.39, 0.29) is 17.9 Å². The maximum atomic E-state index is 12.6. The predicted octanol–water partition coefficient (Wildman–Crippen LogP) is 1.94. The molecule has 1 amide bonds. The lowest BCUT2D eigenvalue weighted by Gasteiger charge is -2.46. The van der Waals surface area contributed by atoms with Crippen molar-refractivity contribution in [2.45, 2.75) is 20.8 Å². The molecule has 0 spiro atoms. The largest absolute Gasteiger partial charge is 0.396 e. The van der Waals surface area contributed by atoms with Crippen molar-refractivity contribution in [3.8, 4) is 5.69 Å². The van der Waals surface area contributed by atoms with E-state index in [1.807, 2.05) is 45.0 Å². The van der Waals surface area contributed by atoms with E-state index in [2.05, 4.69) is 5.10 Å². The van der Waals surface area contributed by atoms with Gasteiger partial charge in [0.15, 0.2) is 0 Å².